The Kier molecular flexibility index (Phi) is 7.83. The lowest BCUT2D eigenvalue weighted by molar-refractivity contribution is 0.183. The molecule has 1 aromatic heterocycles. The molecule has 6 nitrogen and oxygen atoms in total. The van der Waals surface area contributed by atoms with Crippen molar-refractivity contribution in [3.8, 4) is 5.69 Å². The van der Waals surface area contributed by atoms with Crippen LogP contribution in [0.2, 0.25) is 0 Å². The number of nitrogens with zero attached hydrogens (tertiary/aromatic N) is 3. The molecule has 1 atom stereocenters. The van der Waals surface area contributed by atoms with Gasteiger partial charge in [0.25, 0.3) is 0 Å². The van der Waals surface area contributed by atoms with Gasteiger partial charge in [0.2, 0.25) is 0 Å². The van der Waals surface area contributed by atoms with Crippen molar-refractivity contribution in [1.82, 2.24) is 20.4 Å². The van der Waals surface area contributed by atoms with E-state index in [1.54, 1.807) is 6.20 Å². The topological polar surface area (TPSA) is 74.5 Å². The fourth-order valence-corrected chi connectivity index (χ4v) is 3.05. The summed E-state index contributed by atoms with van der Waals surface area (Å²) in [7, 11) is 0. The molecular formula is C23H29N5O. The van der Waals surface area contributed by atoms with Gasteiger partial charge in [-0.15, -0.1) is 0 Å². The first-order valence-corrected chi connectivity index (χ1v) is 10.1. The van der Waals surface area contributed by atoms with Gasteiger partial charge in [0.1, 0.15) is 0 Å². The van der Waals surface area contributed by atoms with Gasteiger partial charge in [-0.25, -0.2) is 4.68 Å². The fourth-order valence-electron chi connectivity index (χ4n) is 3.05. The Hall–Kier alpha value is -3.12. The Morgan fingerprint density at radius 3 is 2.52 bits per heavy atom. The van der Waals surface area contributed by atoms with E-state index in [-0.39, 0.29) is 0 Å². The normalized spacial score (nSPS) is 12.6. The highest BCUT2D eigenvalue weighted by molar-refractivity contribution is 5.79. The second-order valence-electron chi connectivity index (χ2n) is 6.86. The second-order valence-corrected chi connectivity index (χ2v) is 6.86. The zero-order valence-electron chi connectivity index (χ0n) is 16.8. The number of guanidine groups is 1. The van der Waals surface area contributed by atoms with Crippen molar-refractivity contribution < 1.29 is 5.11 Å². The largest absolute Gasteiger partial charge is 0.391 e. The van der Waals surface area contributed by atoms with Crippen LogP contribution in [0.15, 0.2) is 78.0 Å². The molecule has 0 amide bonds. The number of hydrogen-bond donors (Lipinski definition) is 3. The Morgan fingerprint density at radius 2 is 1.83 bits per heavy atom. The van der Waals surface area contributed by atoms with E-state index in [4.69, 9.17) is 0 Å². The van der Waals surface area contributed by atoms with Crippen molar-refractivity contribution >= 4 is 5.96 Å². The molecule has 0 saturated heterocycles. The molecule has 3 aromatic rings. The van der Waals surface area contributed by atoms with E-state index >= 15 is 0 Å². The molecule has 0 aliphatic rings. The van der Waals surface area contributed by atoms with E-state index in [1.165, 1.54) is 5.56 Å². The molecule has 152 valence electrons. The Bertz CT molecular complexity index is 860. The molecular weight excluding hydrogens is 362 g/mol. The molecule has 0 fully saturated rings. The number of hydrogen-bond acceptors (Lipinski definition) is 3. The Labute approximate surface area is 172 Å². The average molecular weight is 392 g/mol. The maximum absolute atomic E-state index is 10.3. The third-order valence-corrected chi connectivity index (χ3v) is 4.53. The van der Waals surface area contributed by atoms with E-state index in [0.29, 0.717) is 13.0 Å². The summed E-state index contributed by atoms with van der Waals surface area (Å²) in [6.45, 7) is 3.94. The summed E-state index contributed by atoms with van der Waals surface area (Å²) in [6.07, 6.45) is 4.70. The molecule has 0 radical (unpaired) electrons. The van der Waals surface area contributed by atoms with Crippen LogP contribution < -0.4 is 10.6 Å². The molecule has 0 bridgehead atoms. The summed E-state index contributed by atoms with van der Waals surface area (Å²) in [6, 6.07) is 20.3. The van der Waals surface area contributed by atoms with Gasteiger partial charge < -0.3 is 15.7 Å². The quantitative estimate of drug-likeness (QED) is 0.387. The van der Waals surface area contributed by atoms with Crippen molar-refractivity contribution in [2.75, 3.05) is 19.6 Å². The van der Waals surface area contributed by atoms with E-state index in [1.807, 2.05) is 54.2 Å². The molecule has 1 heterocycles. The monoisotopic (exact) mass is 391 g/mol. The molecule has 1 unspecified atom stereocenters. The van der Waals surface area contributed by atoms with Gasteiger partial charge in [-0.05, 0) is 42.7 Å². The summed E-state index contributed by atoms with van der Waals surface area (Å²) in [5, 5.41) is 21.1. The summed E-state index contributed by atoms with van der Waals surface area (Å²) >= 11 is 0. The zero-order chi connectivity index (χ0) is 20.3. The maximum atomic E-state index is 10.3. The van der Waals surface area contributed by atoms with Crippen LogP contribution in [0, 0.1) is 0 Å². The third kappa shape index (κ3) is 6.76. The minimum Gasteiger partial charge on any atom is -0.391 e. The predicted octanol–water partition coefficient (Wildman–Crippen LogP) is 2.57. The van der Waals surface area contributed by atoms with Crippen LogP contribution in [0.5, 0.6) is 0 Å². The minimum absolute atomic E-state index is 0.364. The van der Waals surface area contributed by atoms with Crippen LogP contribution >= 0.6 is 0 Å². The standard InChI is InChI=1S/C23H29N5O/c1-2-24-23(26-18-22(29)17-20-7-4-3-5-8-20)25-15-13-19-9-11-21(12-10-19)28-16-6-14-27-28/h3-12,14,16,22,29H,2,13,15,17-18H2,1H3,(H2,24,25,26). The summed E-state index contributed by atoms with van der Waals surface area (Å²) < 4.78 is 1.85. The van der Waals surface area contributed by atoms with Crippen LogP contribution in [-0.2, 0) is 12.8 Å². The summed E-state index contributed by atoms with van der Waals surface area (Å²) in [5.74, 6) is 0.729. The highest BCUT2D eigenvalue weighted by atomic mass is 16.3. The lowest BCUT2D eigenvalue weighted by Crippen LogP contribution is -2.39. The van der Waals surface area contributed by atoms with Crippen LogP contribution in [0.4, 0.5) is 0 Å². The highest BCUT2D eigenvalue weighted by Crippen LogP contribution is 2.09. The number of aliphatic hydroxyl groups excluding tert-OH is 1. The first kappa shape index (κ1) is 20.6. The molecule has 6 heteroatoms. The van der Waals surface area contributed by atoms with Gasteiger partial charge >= 0.3 is 0 Å². The van der Waals surface area contributed by atoms with Gasteiger partial charge in [-0.3, -0.25) is 4.99 Å². The SMILES string of the molecule is CCNC(=NCC(O)Cc1ccccc1)NCCc1ccc(-n2cccn2)cc1. The molecule has 0 aliphatic heterocycles. The molecule has 0 saturated carbocycles. The highest BCUT2D eigenvalue weighted by Gasteiger charge is 2.06. The molecule has 3 N–H and O–H groups in total. The fraction of sp³-hybridized carbons (Fsp3) is 0.304. The molecule has 29 heavy (non-hydrogen) atoms. The maximum Gasteiger partial charge on any atom is 0.191 e. The van der Waals surface area contributed by atoms with Crippen LogP contribution in [0.3, 0.4) is 0 Å². The number of rotatable bonds is 9. The number of benzene rings is 2. The Balaban J connectivity index is 1.46. The smallest absolute Gasteiger partial charge is 0.191 e. The van der Waals surface area contributed by atoms with E-state index in [9.17, 15) is 5.11 Å². The average Bonchev–Trinajstić information content (AvgIpc) is 3.28. The van der Waals surface area contributed by atoms with Crippen molar-refractivity contribution in [1.29, 1.82) is 0 Å². The third-order valence-electron chi connectivity index (χ3n) is 4.53. The van der Waals surface area contributed by atoms with E-state index in [2.05, 4.69) is 45.0 Å². The van der Waals surface area contributed by atoms with Gasteiger partial charge in [0.05, 0.1) is 18.3 Å². The van der Waals surface area contributed by atoms with E-state index < -0.39 is 6.10 Å². The zero-order valence-corrected chi connectivity index (χ0v) is 16.8. The van der Waals surface area contributed by atoms with Crippen LogP contribution in [0.1, 0.15) is 18.1 Å². The second kappa shape index (κ2) is 11.0. The summed E-state index contributed by atoms with van der Waals surface area (Å²) in [4.78, 5) is 4.52. The minimum atomic E-state index is -0.498. The number of aliphatic imine (C=N–C) groups is 1. The molecule has 0 spiro atoms. The van der Waals surface area contributed by atoms with Gasteiger partial charge in [0, 0.05) is 31.9 Å². The van der Waals surface area contributed by atoms with E-state index in [0.717, 1.165) is 36.7 Å². The lowest BCUT2D eigenvalue weighted by atomic mass is 10.1. The number of nitrogens with one attached hydrogen (secondary N) is 2. The van der Waals surface area contributed by atoms with Crippen LogP contribution in [-0.4, -0.2) is 46.6 Å². The molecule has 0 aliphatic carbocycles. The summed E-state index contributed by atoms with van der Waals surface area (Å²) in [5.41, 5.74) is 3.41. The predicted molar refractivity (Wildman–Crippen MR) is 117 cm³/mol. The number of aliphatic hydroxyl groups is 1. The first-order valence-electron chi connectivity index (χ1n) is 10.1. The van der Waals surface area contributed by atoms with Crippen molar-refractivity contribution in [3.63, 3.8) is 0 Å². The molecule has 3 rings (SSSR count). The Morgan fingerprint density at radius 1 is 1.03 bits per heavy atom. The van der Waals surface area contributed by atoms with Crippen molar-refractivity contribution in [2.45, 2.75) is 25.9 Å². The van der Waals surface area contributed by atoms with Crippen molar-refractivity contribution in [3.05, 3.63) is 84.2 Å². The number of aromatic nitrogens is 2. The lowest BCUT2D eigenvalue weighted by Gasteiger charge is -2.13. The van der Waals surface area contributed by atoms with Gasteiger partial charge in [0.15, 0.2) is 5.96 Å². The van der Waals surface area contributed by atoms with Crippen molar-refractivity contribution in [2.24, 2.45) is 4.99 Å². The first-order chi connectivity index (χ1) is 14.2. The van der Waals surface area contributed by atoms with Crippen LogP contribution in [0.25, 0.3) is 5.69 Å². The van der Waals surface area contributed by atoms with Gasteiger partial charge in [-0.1, -0.05) is 42.5 Å². The molecule has 2 aromatic carbocycles. The van der Waals surface area contributed by atoms with Gasteiger partial charge in [-0.2, -0.15) is 5.10 Å².